The fourth-order valence-electron chi connectivity index (χ4n) is 8.44. The summed E-state index contributed by atoms with van der Waals surface area (Å²) in [6, 6.07) is 12.1. The highest BCUT2D eigenvalue weighted by Gasteiger charge is 2.49. The third kappa shape index (κ3) is 6.73. The standard InChI is InChI=1S/C39H50N8O5/c1-43(2)15-12-35(48)46-16-11-29-22-33(51-4)34(52-5)23-32(29)39(46)13-9-28(10-14-39)38(49)45-19-17-44(18-20-45)36-31-24-42-47(37(31)41-26-40-36)25-27-7-6-8-30(21-27)50-3/h6-8,21-24,26,28H,9-20,25H2,1-5H3. The van der Waals surface area contributed by atoms with Gasteiger partial charge in [-0.2, -0.15) is 5.10 Å². The zero-order valence-electron chi connectivity index (χ0n) is 31.0. The van der Waals surface area contributed by atoms with Crippen molar-refractivity contribution in [1.29, 1.82) is 0 Å². The molecule has 0 radical (unpaired) electrons. The van der Waals surface area contributed by atoms with Crippen molar-refractivity contribution in [1.82, 2.24) is 34.4 Å². The van der Waals surface area contributed by atoms with Gasteiger partial charge in [0.05, 0.1) is 45.0 Å². The Morgan fingerprint density at radius 3 is 2.38 bits per heavy atom. The summed E-state index contributed by atoms with van der Waals surface area (Å²) in [7, 11) is 8.96. The second-order valence-corrected chi connectivity index (χ2v) is 14.4. The summed E-state index contributed by atoms with van der Waals surface area (Å²) < 4.78 is 18.7. The maximum absolute atomic E-state index is 14.1. The second kappa shape index (κ2) is 15.0. The van der Waals surface area contributed by atoms with Crippen LogP contribution in [0.5, 0.6) is 17.2 Å². The minimum atomic E-state index is -0.471. The summed E-state index contributed by atoms with van der Waals surface area (Å²) in [4.78, 5) is 45.5. The van der Waals surface area contributed by atoms with Gasteiger partial charge in [0.1, 0.15) is 17.9 Å². The molecule has 2 aromatic carbocycles. The van der Waals surface area contributed by atoms with Crippen molar-refractivity contribution in [2.24, 2.45) is 5.92 Å². The van der Waals surface area contributed by atoms with E-state index in [2.05, 4.69) is 41.9 Å². The zero-order chi connectivity index (χ0) is 36.4. The SMILES string of the molecule is COc1cccc(Cn2ncc3c(N4CCN(C(=O)C5CCC6(CC5)c5cc(OC)c(OC)cc5CCN6C(=O)CCN(C)C)CC4)ncnc32)c1. The van der Waals surface area contributed by atoms with Crippen molar-refractivity contribution in [3.63, 3.8) is 0 Å². The summed E-state index contributed by atoms with van der Waals surface area (Å²) in [5.41, 5.74) is 3.71. The molecule has 2 fully saturated rings. The summed E-state index contributed by atoms with van der Waals surface area (Å²) in [6.45, 7) is 4.53. The van der Waals surface area contributed by atoms with Crippen LogP contribution < -0.4 is 19.1 Å². The van der Waals surface area contributed by atoms with Crippen LogP contribution in [0.2, 0.25) is 0 Å². The molecule has 0 atom stereocenters. The lowest BCUT2D eigenvalue weighted by Gasteiger charge is -2.52. The molecule has 2 aromatic heterocycles. The maximum atomic E-state index is 14.1. The van der Waals surface area contributed by atoms with E-state index < -0.39 is 5.54 Å². The number of aromatic nitrogens is 4. The highest BCUT2D eigenvalue weighted by Crippen LogP contribution is 2.50. The van der Waals surface area contributed by atoms with Crippen molar-refractivity contribution in [2.45, 2.75) is 50.6 Å². The van der Waals surface area contributed by atoms with Crippen LogP contribution in [0.25, 0.3) is 11.0 Å². The number of methoxy groups -OCH3 is 3. The van der Waals surface area contributed by atoms with Crippen LogP contribution in [0.4, 0.5) is 5.82 Å². The van der Waals surface area contributed by atoms with E-state index in [4.69, 9.17) is 14.2 Å². The summed E-state index contributed by atoms with van der Waals surface area (Å²) in [5, 5.41) is 5.55. The highest BCUT2D eigenvalue weighted by molar-refractivity contribution is 5.87. The number of ether oxygens (including phenoxy) is 3. The van der Waals surface area contributed by atoms with Crippen LogP contribution in [0.1, 0.15) is 48.8 Å². The van der Waals surface area contributed by atoms with E-state index in [-0.39, 0.29) is 17.7 Å². The van der Waals surface area contributed by atoms with Gasteiger partial charge < -0.3 is 33.8 Å². The smallest absolute Gasteiger partial charge is 0.225 e. The molecular weight excluding hydrogens is 660 g/mol. The van der Waals surface area contributed by atoms with Gasteiger partial charge in [0, 0.05) is 51.6 Å². The molecule has 1 spiro atoms. The predicted octanol–water partition coefficient (Wildman–Crippen LogP) is 3.97. The first-order valence-corrected chi connectivity index (χ1v) is 18.3. The Morgan fingerprint density at radius 1 is 0.923 bits per heavy atom. The summed E-state index contributed by atoms with van der Waals surface area (Å²) in [5.74, 6) is 3.32. The first kappa shape index (κ1) is 35.5. The number of nitrogens with zero attached hydrogens (tertiary/aromatic N) is 8. The molecule has 2 aliphatic heterocycles. The molecule has 3 aliphatic rings. The Bertz CT molecular complexity index is 1910. The number of fused-ring (bicyclic) bond motifs is 3. The van der Waals surface area contributed by atoms with Gasteiger partial charge in [-0.3, -0.25) is 9.59 Å². The van der Waals surface area contributed by atoms with Crippen LogP contribution in [0, 0.1) is 5.92 Å². The molecular formula is C39H50N8O5. The first-order chi connectivity index (χ1) is 25.2. The number of benzene rings is 2. The van der Waals surface area contributed by atoms with E-state index in [1.54, 1.807) is 27.7 Å². The normalized spacial score (nSPS) is 20.3. The second-order valence-electron chi connectivity index (χ2n) is 14.4. The molecule has 276 valence electrons. The summed E-state index contributed by atoms with van der Waals surface area (Å²) >= 11 is 0. The van der Waals surface area contributed by atoms with Gasteiger partial charge >= 0.3 is 0 Å². The molecule has 0 unspecified atom stereocenters. The highest BCUT2D eigenvalue weighted by atomic mass is 16.5. The van der Waals surface area contributed by atoms with Crippen LogP contribution in [0.15, 0.2) is 48.9 Å². The molecule has 52 heavy (non-hydrogen) atoms. The average molecular weight is 711 g/mol. The molecule has 7 rings (SSSR count). The monoisotopic (exact) mass is 710 g/mol. The minimum Gasteiger partial charge on any atom is -0.497 e. The first-order valence-electron chi connectivity index (χ1n) is 18.3. The quantitative estimate of drug-likeness (QED) is 0.239. The number of hydrogen-bond donors (Lipinski definition) is 0. The Kier molecular flexibility index (Phi) is 10.2. The molecule has 2 amide bonds. The molecule has 1 aliphatic carbocycles. The third-order valence-electron chi connectivity index (χ3n) is 11.2. The van der Waals surface area contributed by atoms with Crippen LogP contribution in [-0.2, 0) is 28.1 Å². The van der Waals surface area contributed by atoms with E-state index >= 15 is 0 Å². The molecule has 13 heteroatoms. The number of hydrogen-bond acceptors (Lipinski definition) is 10. The van der Waals surface area contributed by atoms with Gasteiger partial charge in [0.2, 0.25) is 11.8 Å². The van der Waals surface area contributed by atoms with E-state index in [0.717, 1.165) is 65.8 Å². The third-order valence-corrected chi connectivity index (χ3v) is 11.2. The maximum Gasteiger partial charge on any atom is 0.225 e. The largest absolute Gasteiger partial charge is 0.497 e. The Balaban J connectivity index is 1.03. The number of anilines is 1. The van der Waals surface area contributed by atoms with Crippen molar-refractivity contribution in [2.75, 3.05) is 79.6 Å². The zero-order valence-corrected chi connectivity index (χ0v) is 31.0. The number of amides is 2. The molecule has 1 saturated carbocycles. The average Bonchev–Trinajstić information content (AvgIpc) is 3.59. The summed E-state index contributed by atoms with van der Waals surface area (Å²) in [6.07, 6.45) is 7.58. The minimum absolute atomic E-state index is 0.0815. The number of piperazine rings is 1. The van der Waals surface area contributed by atoms with E-state index in [1.165, 1.54) is 5.56 Å². The molecule has 0 N–H and O–H groups in total. The predicted molar refractivity (Wildman–Crippen MR) is 198 cm³/mol. The number of rotatable bonds is 10. The van der Waals surface area contributed by atoms with Gasteiger partial charge in [-0.25, -0.2) is 14.6 Å². The van der Waals surface area contributed by atoms with Crippen LogP contribution >= 0.6 is 0 Å². The van der Waals surface area contributed by atoms with Crippen LogP contribution in [0.3, 0.4) is 0 Å². The molecule has 13 nitrogen and oxygen atoms in total. The lowest BCUT2D eigenvalue weighted by molar-refractivity contribution is -0.144. The Morgan fingerprint density at radius 2 is 1.67 bits per heavy atom. The van der Waals surface area contributed by atoms with Crippen molar-refractivity contribution >= 4 is 28.7 Å². The van der Waals surface area contributed by atoms with E-state index in [1.807, 2.05) is 54.1 Å². The topological polar surface area (TPSA) is 118 Å². The van der Waals surface area contributed by atoms with Crippen molar-refractivity contribution < 1.29 is 23.8 Å². The van der Waals surface area contributed by atoms with E-state index in [9.17, 15) is 9.59 Å². The van der Waals surface area contributed by atoms with Gasteiger partial charge in [0.15, 0.2) is 17.1 Å². The van der Waals surface area contributed by atoms with Gasteiger partial charge in [-0.1, -0.05) is 12.1 Å². The van der Waals surface area contributed by atoms with Crippen LogP contribution in [-0.4, -0.2) is 121 Å². The molecule has 0 bridgehead atoms. The van der Waals surface area contributed by atoms with Crippen molar-refractivity contribution in [3.8, 4) is 17.2 Å². The number of carbonyl (C=O) groups is 2. The molecule has 1 saturated heterocycles. The molecule has 4 aromatic rings. The van der Waals surface area contributed by atoms with Gasteiger partial charge in [-0.15, -0.1) is 0 Å². The van der Waals surface area contributed by atoms with E-state index in [0.29, 0.717) is 63.7 Å². The van der Waals surface area contributed by atoms with Gasteiger partial charge in [-0.05, 0) is 87.2 Å². The van der Waals surface area contributed by atoms with Crippen molar-refractivity contribution in [3.05, 3.63) is 65.6 Å². The lowest BCUT2D eigenvalue weighted by atomic mass is 9.68. The van der Waals surface area contributed by atoms with Gasteiger partial charge in [0.25, 0.3) is 0 Å². The lowest BCUT2D eigenvalue weighted by Crippen LogP contribution is -2.56. The fraction of sp³-hybridized carbons (Fsp3) is 0.513. The fourth-order valence-corrected chi connectivity index (χ4v) is 8.44. The number of carbonyl (C=O) groups excluding carboxylic acids is 2. The molecule has 4 heterocycles. The Labute approximate surface area is 305 Å². The Hall–Kier alpha value is -4.91.